The van der Waals surface area contributed by atoms with E-state index >= 15 is 0 Å². The van der Waals surface area contributed by atoms with Crippen molar-refractivity contribution in [2.45, 2.75) is 26.9 Å². The highest BCUT2D eigenvalue weighted by Gasteiger charge is 2.16. The van der Waals surface area contributed by atoms with Gasteiger partial charge in [-0.3, -0.25) is 4.68 Å². The SMILES string of the molecule is CCOC(=O)c1cnn(C)c1CNCc1ccc(C)cc1. The number of benzene rings is 1. The summed E-state index contributed by atoms with van der Waals surface area (Å²) >= 11 is 0. The Morgan fingerprint density at radius 1 is 1.29 bits per heavy atom. The molecule has 0 aliphatic heterocycles. The molecule has 0 spiro atoms. The van der Waals surface area contributed by atoms with Crippen molar-refractivity contribution in [3.63, 3.8) is 0 Å². The van der Waals surface area contributed by atoms with E-state index in [1.165, 1.54) is 11.1 Å². The lowest BCUT2D eigenvalue weighted by molar-refractivity contribution is 0.0524. The number of aryl methyl sites for hydroxylation is 2. The second kappa shape index (κ2) is 7.04. The first-order chi connectivity index (χ1) is 10.1. The van der Waals surface area contributed by atoms with Crippen LogP contribution in [0.2, 0.25) is 0 Å². The van der Waals surface area contributed by atoms with E-state index in [-0.39, 0.29) is 5.97 Å². The van der Waals surface area contributed by atoms with Gasteiger partial charge in [-0.05, 0) is 19.4 Å². The molecule has 0 amide bonds. The molecule has 0 atom stereocenters. The number of ether oxygens (including phenoxy) is 1. The van der Waals surface area contributed by atoms with E-state index in [9.17, 15) is 4.79 Å². The molecule has 0 saturated heterocycles. The maximum Gasteiger partial charge on any atom is 0.341 e. The van der Waals surface area contributed by atoms with E-state index in [0.717, 1.165) is 12.2 Å². The second-order valence-corrected chi connectivity index (χ2v) is 4.94. The zero-order valence-electron chi connectivity index (χ0n) is 12.7. The lowest BCUT2D eigenvalue weighted by atomic mass is 10.1. The molecule has 1 aromatic heterocycles. The Morgan fingerprint density at radius 3 is 2.67 bits per heavy atom. The minimum Gasteiger partial charge on any atom is -0.462 e. The molecule has 112 valence electrons. The molecule has 5 nitrogen and oxygen atoms in total. The Bertz CT molecular complexity index is 602. The first-order valence-corrected chi connectivity index (χ1v) is 7.06. The van der Waals surface area contributed by atoms with Gasteiger partial charge in [-0.2, -0.15) is 5.10 Å². The number of rotatable bonds is 6. The van der Waals surface area contributed by atoms with Crippen LogP contribution in [0, 0.1) is 6.92 Å². The number of esters is 1. The molecule has 21 heavy (non-hydrogen) atoms. The highest BCUT2D eigenvalue weighted by atomic mass is 16.5. The summed E-state index contributed by atoms with van der Waals surface area (Å²) in [4.78, 5) is 11.8. The number of nitrogens with zero attached hydrogens (tertiary/aromatic N) is 2. The van der Waals surface area contributed by atoms with Gasteiger partial charge in [0, 0.05) is 20.1 Å². The summed E-state index contributed by atoms with van der Waals surface area (Å²) in [5.41, 5.74) is 3.81. The van der Waals surface area contributed by atoms with Gasteiger partial charge in [-0.25, -0.2) is 4.79 Å². The zero-order chi connectivity index (χ0) is 15.2. The third-order valence-corrected chi connectivity index (χ3v) is 3.30. The normalized spacial score (nSPS) is 10.6. The van der Waals surface area contributed by atoms with Gasteiger partial charge in [0.05, 0.1) is 18.5 Å². The average molecular weight is 287 g/mol. The van der Waals surface area contributed by atoms with Crippen LogP contribution >= 0.6 is 0 Å². The Hall–Kier alpha value is -2.14. The molecule has 1 heterocycles. The molecule has 0 bridgehead atoms. The number of aromatic nitrogens is 2. The topological polar surface area (TPSA) is 56.1 Å². The van der Waals surface area contributed by atoms with Gasteiger partial charge in [0.15, 0.2) is 0 Å². The molecule has 1 aromatic carbocycles. The summed E-state index contributed by atoms with van der Waals surface area (Å²) < 4.78 is 6.74. The first kappa shape index (κ1) is 15.3. The van der Waals surface area contributed by atoms with E-state index < -0.39 is 0 Å². The minimum absolute atomic E-state index is 0.322. The summed E-state index contributed by atoms with van der Waals surface area (Å²) in [7, 11) is 1.83. The molecule has 2 rings (SSSR count). The number of carbonyl (C=O) groups is 1. The number of carbonyl (C=O) groups excluding carboxylic acids is 1. The molecule has 0 radical (unpaired) electrons. The van der Waals surface area contributed by atoms with Gasteiger partial charge in [0.2, 0.25) is 0 Å². The van der Waals surface area contributed by atoms with Gasteiger partial charge >= 0.3 is 5.97 Å². The van der Waals surface area contributed by atoms with Gasteiger partial charge in [0.1, 0.15) is 5.56 Å². The highest BCUT2D eigenvalue weighted by molar-refractivity contribution is 5.90. The van der Waals surface area contributed by atoms with Crippen LogP contribution in [0.15, 0.2) is 30.5 Å². The maximum absolute atomic E-state index is 11.8. The second-order valence-electron chi connectivity index (χ2n) is 4.94. The summed E-state index contributed by atoms with van der Waals surface area (Å²) in [5, 5.41) is 7.47. The smallest absolute Gasteiger partial charge is 0.341 e. The monoisotopic (exact) mass is 287 g/mol. The fourth-order valence-corrected chi connectivity index (χ4v) is 2.08. The number of hydrogen-bond acceptors (Lipinski definition) is 4. The van der Waals surface area contributed by atoms with Crippen LogP contribution in [-0.2, 0) is 24.9 Å². The standard InChI is InChI=1S/C16H21N3O2/c1-4-21-16(20)14-10-18-19(3)15(14)11-17-9-13-7-5-12(2)6-8-13/h5-8,10,17H,4,9,11H2,1-3H3. The number of nitrogens with one attached hydrogen (secondary N) is 1. The maximum atomic E-state index is 11.8. The van der Waals surface area contributed by atoms with Crippen LogP contribution in [0.1, 0.15) is 34.1 Å². The highest BCUT2D eigenvalue weighted by Crippen LogP contribution is 2.10. The predicted octanol–water partition coefficient (Wildman–Crippen LogP) is 2.20. The molecule has 1 N–H and O–H groups in total. The zero-order valence-corrected chi connectivity index (χ0v) is 12.7. The largest absolute Gasteiger partial charge is 0.462 e. The third kappa shape index (κ3) is 3.92. The Balaban J connectivity index is 1.98. The van der Waals surface area contributed by atoms with Crippen molar-refractivity contribution in [1.29, 1.82) is 0 Å². The van der Waals surface area contributed by atoms with E-state index in [4.69, 9.17) is 4.74 Å². The van der Waals surface area contributed by atoms with Crippen molar-refractivity contribution in [2.24, 2.45) is 7.05 Å². The van der Waals surface area contributed by atoms with Crippen LogP contribution in [0.4, 0.5) is 0 Å². The van der Waals surface area contributed by atoms with Gasteiger partial charge in [-0.15, -0.1) is 0 Å². The van der Waals surface area contributed by atoms with Crippen LogP contribution < -0.4 is 5.32 Å². The van der Waals surface area contributed by atoms with Gasteiger partial charge in [-0.1, -0.05) is 29.8 Å². The molecule has 0 unspecified atom stereocenters. The van der Waals surface area contributed by atoms with Crippen LogP contribution in [0.3, 0.4) is 0 Å². The number of hydrogen-bond donors (Lipinski definition) is 1. The predicted molar refractivity (Wildman–Crippen MR) is 80.9 cm³/mol. The molecule has 0 aliphatic rings. The van der Waals surface area contributed by atoms with E-state index in [0.29, 0.717) is 18.7 Å². The molecule has 0 saturated carbocycles. The fourth-order valence-electron chi connectivity index (χ4n) is 2.08. The fraction of sp³-hybridized carbons (Fsp3) is 0.375. The third-order valence-electron chi connectivity index (χ3n) is 3.30. The summed E-state index contributed by atoms with van der Waals surface area (Å²) in [5.74, 6) is -0.322. The molecular formula is C16H21N3O2. The summed E-state index contributed by atoms with van der Waals surface area (Å²) in [6.45, 7) is 5.54. The van der Waals surface area contributed by atoms with E-state index in [2.05, 4.69) is 41.6 Å². The first-order valence-electron chi connectivity index (χ1n) is 7.06. The van der Waals surface area contributed by atoms with Gasteiger partial charge < -0.3 is 10.1 Å². The molecule has 0 aliphatic carbocycles. The van der Waals surface area contributed by atoms with Crippen LogP contribution in [0.25, 0.3) is 0 Å². The van der Waals surface area contributed by atoms with Crippen molar-refractivity contribution in [1.82, 2.24) is 15.1 Å². The Morgan fingerprint density at radius 2 is 2.00 bits per heavy atom. The molecule has 2 aromatic rings. The van der Waals surface area contributed by atoms with Crippen molar-refractivity contribution >= 4 is 5.97 Å². The summed E-state index contributed by atoms with van der Waals surface area (Å²) in [6.07, 6.45) is 1.56. The van der Waals surface area contributed by atoms with Gasteiger partial charge in [0.25, 0.3) is 0 Å². The van der Waals surface area contributed by atoms with E-state index in [1.807, 2.05) is 7.05 Å². The van der Waals surface area contributed by atoms with Crippen molar-refractivity contribution in [3.05, 3.63) is 52.8 Å². The van der Waals surface area contributed by atoms with Crippen molar-refractivity contribution in [2.75, 3.05) is 6.61 Å². The van der Waals surface area contributed by atoms with Crippen LogP contribution in [-0.4, -0.2) is 22.4 Å². The molecule has 5 heteroatoms. The lowest BCUT2D eigenvalue weighted by Gasteiger charge is -2.08. The Kier molecular flexibility index (Phi) is 5.11. The molecular weight excluding hydrogens is 266 g/mol. The van der Waals surface area contributed by atoms with E-state index in [1.54, 1.807) is 17.8 Å². The Labute approximate surface area is 124 Å². The van der Waals surface area contributed by atoms with Crippen LogP contribution in [0.5, 0.6) is 0 Å². The van der Waals surface area contributed by atoms with Crippen molar-refractivity contribution < 1.29 is 9.53 Å². The molecule has 0 fully saturated rings. The average Bonchev–Trinajstić information content (AvgIpc) is 2.83. The quantitative estimate of drug-likeness (QED) is 0.828. The van der Waals surface area contributed by atoms with Crippen molar-refractivity contribution in [3.8, 4) is 0 Å². The summed E-state index contributed by atoms with van der Waals surface area (Å²) in [6, 6.07) is 8.37. The minimum atomic E-state index is -0.322. The lowest BCUT2D eigenvalue weighted by Crippen LogP contribution is -2.18.